The second-order valence-corrected chi connectivity index (χ2v) is 6.72. The van der Waals surface area contributed by atoms with Gasteiger partial charge in [0.15, 0.2) is 0 Å². The lowest BCUT2D eigenvalue weighted by Gasteiger charge is -2.32. The molecule has 1 atom stereocenters. The van der Waals surface area contributed by atoms with Gasteiger partial charge in [0.05, 0.1) is 18.4 Å². The number of aromatic amines is 1. The second-order valence-electron chi connectivity index (χ2n) is 6.72. The lowest BCUT2D eigenvalue weighted by Crippen LogP contribution is -2.43. The number of carbonyl (C=O) groups is 1. The molecule has 3 aromatic rings. The van der Waals surface area contributed by atoms with Gasteiger partial charge in [-0.05, 0) is 30.5 Å². The van der Waals surface area contributed by atoms with Gasteiger partial charge in [-0.15, -0.1) is 0 Å². The fourth-order valence-corrected chi connectivity index (χ4v) is 3.31. The molecule has 138 valence electrons. The van der Waals surface area contributed by atoms with E-state index in [1.165, 1.54) is 0 Å². The summed E-state index contributed by atoms with van der Waals surface area (Å²) in [7, 11) is 0. The largest absolute Gasteiger partial charge is 0.372 e. The smallest absolute Gasteiger partial charge is 0.271 e. The van der Waals surface area contributed by atoms with Gasteiger partial charge in [-0.1, -0.05) is 36.4 Å². The maximum Gasteiger partial charge on any atom is 0.271 e. The highest BCUT2D eigenvalue weighted by Crippen LogP contribution is 2.20. The molecule has 4 rings (SSSR count). The van der Waals surface area contributed by atoms with Crippen LogP contribution in [0.5, 0.6) is 0 Å². The third kappa shape index (κ3) is 4.23. The topological polar surface area (TPSA) is 71.1 Å². The van der Waals surface area contributed by atoms with Crippen molar-refractivity contribution in [1.82, 2.24) is 20.1 Å². The number of ether oxygens (including phenoxy) is 1. The van der Waals surface area contributed by atoms with Gasteiger partial charge in [0.1, 0.15) is 5.69 Å². The molecule has 0 bridgehead atoms. The first-order valence-corrected chi connectivity index (χ1v) is 9.20. The minimum Gasteiger partial charge on any atom is -0.372 e. The molecule has 1 saturated heterocycles. The number of nitrogens with zero attached hydrogens (tertiary/aromatic N) is 3. The minimum absolute atomic E-state index is 0.0284. The fourth-order valence-electron chi connectivity index (χ4n) is 3.31. The monoisotopic (exact) mass is 362 g/mol. The van der Waals surface area contributed by atoms with E-state index in [2.05, 4.69) is 15.2 Å². The summed E-state index contributed by atoms with van der Waals surface area (Å²) in [5.41, 5.74) is 3.33. The molecule has 0 spiro atoms. The van der Waals surface area contributed by atoms with Crippen molar-refractivity contribution in [2.45, 2.75) is 25.6 Å². The summed E-state index contributed by atoms with van der Waals surface area (Å²) in [6, 6.07) is 15.5. The maximum atomic E-state index is 12.9. The minimum atomic E-state index is -0.0284. The van der Waals surface area contributed by atoms with Crippen LogP contribution in [0, 0.1) is 0 Å². The Balaban J connectivity index is 1.38. The zero-order valence-corrected chi connectivity index (χ0v) is 15.0. The fraction of sp³-hybridized carbons (Fsp3) is 0.286. The molecule has 0 radical (unpaired) electrons. The molecule has 1 aromatic carbocycles. The Morgan fingerprint density at radius 1 is 1.22 bits per heavy atom. The number of likely N-dealkylation sites (tertiary alicyclic amines) is 1. The van der Waals surface area contributed by atoms with Gasteiger partial charge >= 0.3 is 0 Å². The van der Waals surface area contributed by atoms with E-state index in [0.717, 1.165) is 36.2 Å². The lowest BCUT2D eigenvalue weighted by atomic mass is 10.1. The summed E-state index contributed by atoms with van der Waals surface area (Å²) in [5, 5.41) is 7.17. The van der Waals surface area contributed by atoms with Crippen LogP contribution in [0.25, 0.3) is 11.3 Å². The van der Waals surface area contributed by atoms with E-state index in [0.29, 0.717) is 18.8 Å². The van der Waals surface area contributed by atoms with E-state index < -0.39 is 0 Å². The third-order valence-corrected chi connectivity index (χ3v) is 4.75. The predicted molar refractivity (Wildman–Crippen MR) is 102 cm³/mol. The number of H-pyrrole nitrogens is 1. The molecule has 27 heavy (non-hydrogen) atoms. The van der Waals surface area contributed by atoms with E-state index in [4.69, 9.17) is 4.74 Å². The highest BCUT2D eigenvalue weighted by molar-refractivity contribution is 5.93. The van der Waals surface area contributed by atoms with Crippen LogP contribution < -0.4 is 0 Å². The second kappa shape index (κ2) is 8.14. The van der Waals surface area contributed by atoms with Crippen molar-refractivity contribution in [3.05, 3.63) is 72.2 Å². The molecule has 0 unspecified atom stereocenters. The molecule has 6 heteroatoms. The number of piperidine rings is 1. The summed E-state index contributed by atoms with van der Waals surface area (Å²) in [6.45, 7) is 1.85. The van der Waals surface area contributed by atoms with E-state index in [1.54, 1.807) is 6.20 Å². The standard InChI is InChI=1S/C21H22N4O2/c26-21(20-12-19(23-24-20)17-7-2-1-3-8-17)25-11-5-9-18(14-25)27-15-16-6-4-10-22-13-16/h1-4,6-8,10,12-13,18H,5,9,11,14-15H2,(H,23,24)/t18-/m1/s1. The molecule has 6 nitrogen and oxygen atoms in total. The highest BCUT2D eigenvalue weighted by Gasteiger charge is 2.26. The van der Waals surface area contributed by atoms with Gasteiger partial charge in [-0.2, -0.15) is 5.10 Å². The Morgan fingerprint density at radius 2 is 2.11 bits per heavy atom. The number of amides is 1. The van der Waals surface area contributed by atoms with Gasteiger partial charge in [-0.3, -0.25) is 14.9 Å². The molecule has 1 fully saturated rings. The molecular formula is C21H22N4O2. The first-order valence-electron chi connectivity index (χ1n) is 9.20. The van der Waals surface area contributed by atoms with Crippen LogP contribution in [0.3, 0.4) is 0 Å². The third-order valence-electron chi connectivity index (χ3n) is 4.75. The summed E-state index contributed by atoms with van der Waals surface area (Å²) >= 11 is 0. The zero-order valence-electron chi connectivity index (χ0n) is 15.0. The van der Waals surface area contributed by atoms with Crippen molar-refractivity contribution in [2.24, 2.45) is 0 Å². The van der Waals surface area contributed by atoms with Crippen LogP contribution in [0.1, 0.15) is 28.9 Å². The molecule has 3 heterocycles. The van der Waals surface area contributed by atoms with Gasteiger partial charge in [-0.25, -0.2) is 0 Å². The maximum absolute atomic E-state index is 12.9. The summed E-state index contributed by atoms with van der Waals surface area (Å²) < 4.78 is 6.00. The number of aromatic nitrogens is 3. The first-order chi connectivity index (χ1) is 13.3. The number of hydrogen-bond donors (Lipinski definition) is 1. The highest BCUT2D eigenvalue weighted by atomic mass is 16.5. The average Bonchev–Trinajstić information content (AvgIpc) is 3.24. The summed E-state index contributed by atoms with van der Waals surface area (Å²) in [6.07, 6.45) is 5.49. The summed E-state index contributed by atoms with van der Waals surface area (Å²) in [5.74, 6) is -0.0284. The van der Waals surface area contributed by atoms with Crippen molar-refractivity contribution in [3.8, 4) is 11.3 Å². The Kier molecular flexibility index (Phi) is 5.25. The van der Waals surface area contributed by atoms with Crippen LogP contribution in [-0.2, 0) is 11.3 Å². The number of nitrogens with one attached hydrogen (secondary N) is 1. The number of rotatable bonds is 5. The quantitative estimate of drug-likeness (QED) is 0.756. The van der Waals surface area contributed by atoms with Crippen LogP contribution in [0.4, 0.5) is 0 Å². The van der Waals surface area contributed by atoms with Gasteiger partial charge < -0.3 is 9.64 Å². The molecular weight excluding hydrogens is 340 g/mol. The summed E-state index contributed by atoms with van der Waals surface area (Å²) in [4.78, 5) is 18.8. The Morgan fingerprint density at radius 3 is 2.93 bits per heavy atom. The van der Waals surface area contributed by atoms with Crippen molar-refractivity contribution in [2.75, 3.05) is 13.1 Å². The first kappa shape index (κ1) is 17.4. The molecule has 1 aliphatic heterocycles. The van der Waals surface area contributed by atoms with Crippen LogP contribution in [0.2, 0.25) is 0 Å². The van der Waals surface area contributed by atoms with E-state index >= 15 is 0 Å². The van der Waals surface area contributed by atoms with E-state index in [1.807, 2.05) is 59.6 Å². The molecule has 0 aliphatic carbocycles. The van der Waals surface area contributed by atoms with Crippen molar-refractivity contribution in [3.63, 3.8) is 0 Å². The van der Waals surface area contributed by atoms with Gasteiger partial charge in [0.2, 0.25) is 0 Å². The van der Waals surface area contributed by atoms with E-state index in [-0.39, 0.29) is 12.0 Å². The molecule has 1 amide bonds. The van der Waals surface area contributed by atoms with Crippen LogP contribution >= 0.6 is 0 Å². The Hall–Kier alpha value is -2.99. The SMILES string of the molecule is O=C(c1cc(-c2ccccc2)n[nH]1)N1CCC[C@@H](OCc2cccnc2)C1. The number of benzene rings is 1. The molecule has 2 aromatic heterocycles. The number of carbonyl (C=O) groups excluding carboxylic acids is 1. The average molecular weight is 362 g/mol. The van der Waals surface area contributed by atoms with Crippen LogP contribution in [-0.4, -0.2) is 45.2 Å². The van der Waals surface area contributed by atoms with Crippen LogP contribution in [0.15, 0.2) is 60.9 Å². The molecule has 1 N–H and O–H groups in total. The number of hydrogen-bond acceptors (Lipinski definition) is 4. The molecule has 1 aliphatic rings. The van der Waals surface area contributed by atoms with Crippen molar-refractivity contribution >= 4 is 5.91 Å². The van der Waals surface area contributed by atoms with Crippen molar-refractivity contribution in [1.29, 1.82) is 0 Å². The Labute approximate surface area is 158 Å². The van der Waals surface area contributed by atoms with Gasteiger partial charge in [0, 0.05) is 31.0 Å². The Bertz CT molecular complexity index is 879. The zero-order chi connectivity index (χ0) is 18.5. The predicted octanol–water partition coefficient (Wildman–Crippen LogP) is 3.29. The number of pyridine rings is 1. The van der Waals surface area contributed by atoms with E-state index in [9.17, 15) is 4.79 Å². The normalized spacial score (nSPS) is 17.0. The molecule has 0 saturated carbocycles. The van der Waals surface area contributed by atoms with Gasteiger partial charge in [0.25, 0.3) is 5.91 Å². The van der Waals surface area contributed by atoms with Crippen molar-refractivity contribution < 1.29 is 9.53 Å². The lowest BCUT2D eigenvalue weighted by molar-refractivity contribution is -0.00697.